The van der Waals surface area contributed by atoms with Crippen molar-refractivity contribution < 1.29 is 9.90 Å². The predicted molar refractivity (Wildman–Crippen MR) is 94.8 cm³/mol. The summed E-state index contributed by atoms with van der Waals surface area (Å²) in [6.45, 7) is 1.78. The van der Waals surface area contributed by atoms with Crippen LogP contribution in [0.15, 0.2) is 48.5 Å². The molecule has 2 aromatic rings. The third-order valence-electron chi connectivity index (χ3n) is 3.54. The topological polar surface area (TPSA) is 64.6 Å². The van der Waals surface area contributed by atoms with Gasteiger partial charge in [-0.1, -0.05) is 12.1 Å². The third-order valence-corrected chi connectivity index (χ3v) is 3.54. The molecule has 122 valence electrons. The zero-order valence-corrected chi connectivity index (χ0v) is 13.7. The van der Waals surface area contributed by atoms with E-state index in [9.17, 15) is 4.79 Å². The van der Waals surface area contributed by atoms with Gasteiger partial charge in [-0.3, -0.25) is 4.79 Å². The van der Waals surface area contributed by atoms with Crippen LogP contribution in [-0.4, -0.2) is 31.2 Å². The second kappa shape index (κ2) is 7.65. The maximum absolute atomic E-state index is 12.3. The number of carbonyl (C=O) groups is 1. The smallest absolute Gasteiger partial charge is 0.246 e. The molecule has 0 aliphatic rings. The molecule has 0 saturated heterocycles. The van der Waals surface area contributed by atoms with Gasteiger partial charge in [-0.2, -0.15) is 0 Å². The minimum atomic E-state index is -0.391. The third kappa shape index (κ3) is 4.72. The number of benzene rings is 2. The highest BCUT2D eigenvalue weighted by molar-refractivity contribution is 5.96. The molecule has 0 aromatic heterocycles. The summed E-state index contributed by atoms with van der Waals surface area (Å²) in [7, 11) is 3.94. The molecule has 2 aromatic carbocycles. The van der Waals surface area contributed by atoms with E-state index in [2.05, 4.69) is 10.6 Å². The SMILES string of the molecule is C[C@@H](Nc1cccc(CO)c1)C(=O)Nc1ccc(N(C)C)cc1. The second-order valence-electron chi connectivity index (χ2n) is 5.66. The molecule has 0 bridgehead atoms. The van der Waals surface area contributed by atoms with Crippen LogP contribution >= 0.6 is 0 Å². The molecule has 3 N–H and O–H groups in total. The number of nitrogens with zero attached hydrogens (tertiary/aromatic N) is 1. The fourth-order valence-corrected chi connectivity index (χ4v) is 2.17. The molecule has 0 fully saturated rings. The Kier molecular flexibility index (Phi) is 5.60. The largest absolute Gasteiger partial charge is 0.392 e. The van der Waals surface area contributed by atoms with Crippen molar-refractivity contribution in [3.8, 4) is 0 Å². The molecule has 1 atom stereocenters. The van der Waals surface area contributed by atoms with Gasteiger partial charge in [0.2, 0.25) is 5.91 Å². The van der Waals surface area contributed by atoms with Crippen molar-refractivity contribution in [1.29, 1.82) is 0 Å². The van der Waals surface area contributed by atoms with Crippen molar-refractivity contribution in [2.75, 3.05) is 29.6 Å². The van der Waals surface area contributed by atoms with Gasteiger partial charge in [-0.25, -0.2) is 0 Å². The number of nitrogens with one attached hydrogen (secondary N) is 2. The molecular formula is C18H23N3O2. The van der Waals surface area contributed by atoms with Crippen LogP contribution in [0.4, 0.5) is 17.1 Å². The minimum Gasteiger partial charge on any atom is -0.392 e. The fourth-order valence-electron chi connectivity index (χ4n) is 2.17. The summed E-state index contributed by atoms with van der Waals surface area (Å²) >= 11 is 0. The van der Waals surface area contributed by atoms with Crippen LogP contribution in [-0.2, 0) is 11.4 Å². The lowest BCUT2D eigenvalue weighted by molar-refractivity contribution is -0.116. The highest BCUT2D eigenvalue weighted by atomic mass is 16.3. The van der Waals surface area contributed by atoms with Crippen molar-refractivity contribution in [3.05, 3.63) is 54.1 Å². The first-order chi connectivity index (χ1) is 11.0. The number of aliphatic hydroxyl groups is 1. The quantitative estimate of drug-likeness (QED) is 0.767. The average Bonchev–Trinajstić information content (AvgIpc) is 2.55. The number of hydrogen-bond donors (Lipinski definition) is 3. The van der Waals surface area contributed by atoms with Crippen LogP contribution in [0.25, 0.3) is 0 Å². The Hall–Kier alpha value is -2.53. The van der Waals surface area contributed by atoms with Crippen LogP contribution < -0.4 is 15.5 Å². The van der Waals surface area contributed by atoms with Gasteiger partial charge < -0.3 is 20.6 Å². The highest BCUT2D eigenvalue weighted by Gasteiger charge is 2.13. The van der Waals surface area contributed by atoms with Crippen molar-refractivity contribution in [2.45, 2.75) is 19.6 Å². The summed E-state index contributed by atoms with van der Waals surface area (Å²) in [4.78, 5) is 14.3. The summed E-state index contributed by atoms with van der Waals surface area (Å²) < 4.78 is 0. The molecule has 0 heterocycles. The number of rotatable bonds is 6. The molecule has 5 nitrogen and oxygen atoms in total. The van der Waals surface area contributed by atoms with Gasteiger partial charge in [0.1, 0.15) is 6.04 Å². The lowest BCUT2D eigenvalue weighted by Crippen LogP contribution is -2.31. The lowest BCUT2D eigenvalue weighted by atomic mass is 10.2. The molecular weight excluding hydrogens is 290 g/mol. The monoisotopic (exact) mass is 313 g/mol. The van der Waals surface area contributed by atoms with Gasteiger partial charge in [-0.15, -0.1) is 0 Å². The molecule has 0 radical (unpaired) electrons. The first-order valence-electron chi connectivity index (χ1n) is 7.54. The molecule has 0 aliphatic heterocycles. The van der Waals surface area contributed by atoms with E-state index in [4.69, 9.17) is 5.11 Å². The Labute approximate surface area is 136 Å². The number of aliphatic hydroxyl groups excluding tert-OH is 1. The van der Waals surface area contributed by atoms with Crippen LogP contribution in [0, 0.1) is 0 Å². The van der Waals surface area contributed by atoms with Crippen LogP contribution in [0.3, 0.4) is 0 Å². The standard InChI is InChI=1S/C18H23N3O2/c1-13(19-16-6-4-5-14(11-16)12-22)18(23)20-15-7-9-17(10-8-15)21(2)3/h4-11,13,19,22H,12H2,1-3H3,(H,20,23)/t13-/m1/s1. The van der Waals surface area contributed by atoms with Gasteiger partial charge in [0.15, 0.2) is 0 Å². The number of carbonyl (C=O) groups excluding carboxylic acids is 1. The van der Waals surface area contributed by atoms with Crippen LogP contribution in [0.5, 0.6) is 0 Å². The van der Waals surface area contributed by atoms with E-state index in [0.717, 1.165) is 22.6 Å². The Morgan fingerprint density at radius 3 is 2.43 bits per heavy atom. The lowest BCUT2D eigenvalue weighted by Gasteiger charge is -2.17. The van der Waals surface area contributed by atoms with Crippen molar-refractivity contribution in [2.24, 2.45) is 0 Å². The molecule has 23 heavy (non-hydrogen) atoms. The van der Waals surface area contributed by atoms with Gasteiger partial charge in [0, 0.05) is 31.2 Å². The minimum absolute atomic E-state index is 0.0195. The Morgan fingerprint density at radius 2 is 1.83 bits per heavy atom. The summed E-state index contributed by atoms with van der Waals surface area (Å²) in [5, 5.41) is 15.2. The molecule has 5 heteroatoms. The molecule has 0 saturated carbocycles. The van der Waals surface area contributed by atoms with E-state index < -0.39 is 6.04 Å². The van der Waals surface area contributed by atoms with Gasteiger partial charge in [0.25, 0.3) is 0 Å². The van der Waals surface area contributed by atoms with Gasteiger partial charge in [-0.05, 0) is 48.9 Å². The maximum atomic E-state index is 12.3. The first-order valence-corrected chi connectivity index (χ1v) is 7.54. The number of amides is 1. The van der Waals surface area contributed by atoms with Crippen molar-refractivity contribution in [1.82, 2.24) is 0 Å². The zero-order chi connectivity index (χ0) is 16.8. The zero-order valence-electron chi connectivity index (χ0n) is 13.7. The molecule has 0 spiro atoms. The normalized spacial score (nSPS) is 11.7. The van der Waals surface area contributed by atoms with Crippen molar-refractivity contribution >= 4 is 23.0 Å². The Balaban J connectivity index is 1.96. The number of anilines is 3. The van der Waals surface area contributed by atoms with Crippen LogP contribution in [0.1, 0.15) is 12.5 Å². The predicted octanol–water partition coefficient (Wildman–Crippen LogP) is 2.68. The van der Waals surface area contributed by atoms with E-state index >= 15 is 0 Å². The number of hydrogen-bond acceptors (Lipinski definition) is 4. The average molecular weight is 313 g/mol. The summed E-state index contributed by atoms with van der Waals surface area (Å²) in [6, 6.07) is 14.7. The molecule has 2 rings (SSSR count). The van der Waals surface area contributed by atoms with E-state index in [1.165, 1.54) is 0 Å². The Bertz CT molecular complexity index is 654. The van der Waals surface area contributed by atoms with Gasteiger partial charge in [0.05, 0.1) is 6.61 Å². The summed E-state index contributed by atoms with van der Waals surface area (Å²) in [5.74, 6) is -0.114. The van der Waals surface area contributed by atoms with E-state index in [0.29, 0.717) is 0 Å². The summed E-state index contributed by atoms with van der Waals surface area (Å²) in [5.41, 5.74) is 3.46. The highest BCUT2D eigenvalue weighted by Crippen LogP contribution is 2.16. The second-order valence-corrected chi connectivity index (χ2v) is 5.66. The van der Waals surface area contributed by atoms with E-state index in [-0.39, 0.29) is 12.5 Å². The van der Waals surface area contributed by atoms with E-state index in [1.807, 2.05) is 67.5 Å². The fraction of sp³-hybridized carbons (Fsp3) is 0.278. The van der Waals surface area contributed by atoms with E-state index in [1.54, 1.807) is 6.92 Å². The van der Waals surface area contributed by atoms with Crippen LogP contribution in [0.2, 0.25) is 0 Å². The Morgan fingerprint density at radius 1 is 1.13 bits per heavy atom. The first kappa shape index (κ1) is 16.8. The van der Waals surface area contributed by atoms with Crippen molar-refractivity contribution in [3.63, 3.8) is 0 Å². The molecule has 0 unspecified atom stereocenters. The maximum Gasteiger partial charge on any atom is 0.246 e. The molecule has 0 aliphatic carbocycles. The molecule has 1 amide bonds. The summed E-state index contributed by atoms with van der Waals surface area (Å²) in [6.07, 6.45) is 0. The van der Waals surface area contributed by atoms with Gasteiger partial charge >= 0.3 is 0 Å².